The molecular formula is C25H27F3N4O3. The highest BCUT2D eigenvalue weighted by molar-refractivity contribution is 5.96. The summed E-state index contributed by atoms with van der Waals surface area (Å²) in [5, 5.41) is 11.8. The molecule has 2 fully saturated rings. The monoisotopic (exact) mass is 488 g/mol. The number of hydrogen-bond acceptors (Lipinski definition) is 5. The van der Waals surface area contributed by atoms with E-state index in [1.807, 2.05) is 4.90 Å². The SMILES string of the molecule is CNC(=O)C1CN(C(=O)c2cc(C)oc2C)CC12CCN(c1ccc(C#N)c(C(F)(F)F)c1)CC2. The lowest BCUT2D eigenvalue weighted by Gasteiger charge is -2.43. The molecule has 1 aromatic heterocycles. The molecule has 10 heteroatoms. The van der Waals surface area contributed by atoms with Crippen molar-refractivity contribution in [2.24, 2.45) is 11.3 Å². The van der Waals surface area contributed by atoms with Gasteiger partial charge in [0, 0.05) is 44.3 Å². The number of nitriles is 1. The number of nitrogens with one attached hydrogen (secondary N) is 1. The fraction of sp³-hybridized carbons (Fsp3) is 0.480. The molecule has 0 bridgehead atoms. The highest BCUT2D eigenvalue weighted by Crippen LogP contribution is 2.46. The van der Waals surface area contributed by atoms with Crippen molar-refractivity contribution >= 4 is 17.5 Å². The molecular weight excluding hydrogens is 461 g/mol. The third kappa shape index (κ3) is 4.47. The van der Waals surface area contributed by atoms with Crippen molar-refractivity contribution < 1.29 is 27.2 Å². The molecule has 1 atom stereocenters. The van der Waals surface area contributed by atoms with Gasteiger partial charge in [-0.1, -0.05) is 0 Å². The highest BCUT2D eigenvalue weighted by atomic mass is 19.4. The lowest BCUT2D eigenvalue weighted by molar-refractivity contribution is -0.137. The molecule has 0 saturated carbocycles. The number of nitrogens with zero attached hydrogens (tertiary/aromatic N) is 3. The van der Waals surface area contributed by atoms with E-state index in [0.29, 0.717) is 55.2 Å². The second-order valence-electron chi connectivity index (χ2n) is 9.37. The average molecular weight is 489 g/mol. The number of carbonyl (C=O) groups excluding carboxylic acids is 2. The van der Waals surface area contributed by atoms with Gasteiger partial charge in [-0.2, -0.15) is 18.4 Å². The molecule has 1 unspecified atom stereocenters. The number of hydrogen-bond donors (Lipinski definition) is 1. The third-order valence-corrected chi connectivity index (χ3v) is 7.32. The van der Waals surface area contributed by atoms with Gasteiger partial charge in [0.1, 0.15) is 11.5 Å². The minimum absolute atomic E-state index is 0.147. The molecule has 2 amide bonds. The van der Waals surface area contributed by atoms with Gasteiger partial charge in [-0.05, 0) is 51.0 Å². The number of furan rings is 1. The Morgan fingerprint density at radius 1 is 1.20 bits per heavy atom. The van der Waals surface area contributed by atoms with E-state index in [9.17, 15) is 22.8 Å². The van der Waals surface area contributed by atoms with Crippen molar-refractivity contribution in [1.29, 1.82) is 5.26 Å². The Morgan fingerprint density at radius 3 is 2.43 bits per heavy atom. The van der Waals surface area contributed by atoms with Crippen LogP contribution < -0.4 is 10.2 Å². The van der Waals surface area contributed by atoms with Crippen molar-refractivity contribution in [3.63, 3.8) is 0 Å². The maximum atomic E-state index is 13.4. The van der Waals surface area contributed by atoms with E-state index in [2.05, 4.69) is 5.32 Å². The number of rotatable bonds is 3. The molecule has 35 heavy (non-hydrogen) atoms. The number of alkyl halides is 3. The Hall–Kier alpha value is -3.48. The first-order chi connectivity index (χ1) is 16.5. The predicted molar refractivity (Wildman–Crippen MR) is 122 cm³/mol. The van der Waals surface area contributed by atoms with Crippen LogP contribution in [0.25, 0.3) is 0 Å². The van der Waals surface area contributed by atoms with Crippen LogP contribution in [0.15, 0.2) is 28.7 Å². The van der Waals surface area contributed by atoms with E-state index in [0.717, 1.165) is 6.07 Å². The lowest BCUT2D eigenvalue weighted by atomic mass is 9.70. The Labute approximate surface area is 201 Å². The molecule has 186 valence electrons. The Bertz CT molecular complexity index is 1190. The highest BCUT2D eigenvalue weighted by Gasteiger charge is 2.52. The Kier molecular flexibility index (Phi) is 6.30. The minimum Gasteiger partial charge on any atom is -0.466 e. The third-order valence-electron chi connectivity index (χ3n) is 7.32. The van der Waals surface area contributed by atoms with Crippen LogP contribution in [0.3, 0.4) is 0 Å². The number of amides is 2. The zero-order valence-electron chi connectivity index (χ0n) is 19.8. The maximum absolute atomic E-state index is 13.4. The number of aryl methyl sites for hydroxylation is 2. The van der Waals surface area contributed by atoms with Crippen LogP contribution in [-0.4, -0.2) is 49.9 Å². The van der Waals surface area contributed by atoms with Crippen molar-refractivity contribution in [3.05, 3.63) is 52.5 Å². The van der Waals surface area contributed by atoms with Crippen LogP contribution in [0.2, 0.25) is 0 Å². The van der Waals surface area contributed by atoms with Crippen molar-refractivity contribution in [2.45, 2.75) is 32.9 Å². The molecule has 2 aliphatic rings. The molecule has 1 spiro atoms. The van der Waals surface area contributed by atoms with E-state index >= 15 is 0 Å². The maximum Gasteiger partial charge on any atom is 0.417 e. The van der Waals surface area contributed by atoms with Crippen LogP contribution in [0, 0.1) is 36.5 Å². The van der Waals surface area contributed by atoms with Crippen molar-refractivity contribution in [3.8, 4) is 6.07 Å². The minimum atomic E-state index is -4.63. The Morgan fingerprint density at radius 2 is 1.89 bits per heavy atom. The second kappa shape index (κ2) is 8.95. The first kappa shape index (κ1) is 24.6. The van der Waals surface area contributed by atoms with Gasteiger partial charge < -0.3 is 19.5 Å². The quantitative estimate of drug-likeness (QED) is 0.708. The number of carbonyl (C=O) groups is 2. The fourth-order valence-corrected chi connectivity index (χ4v) is 5.45. The average Bonchev–Trinajstić information content (AvgIpc) is 3.36. The summed E-state index contributed by atoms with van der Waals surface area (Å²) in [6, 6.07) is 7.04. The first-order valence-corrected chi connectivity index (χ1v) is 11.4. The molecule has 1 N–H and O–H groups in total. The number of benzene rings is 1. The zero-order chi connectivity index (χ0) is 25.5. The van der Waals surface area contributed by atoms with E-state index in [-0.39, 0.29) is 18.4 Å². The van der Waals surface area contributed by atoms with Gasteiger partial charge in [0.15, 0.2) is 0 Å². The summed E-state index contributed by atoms with van der Waals surface area (Å²) < 4.78 is 45.8. The standard InChI is InChI=1S/C25H27F3N4O3/c1-15-10-19(16(2)35-15)23(34)32-13-21(22(33)30-3)24(14-32)6-8-31(9-7-24)18-5-4-17(12-29)20(11-18)25(26,27)28/h4-5,10-11,21H,6-9,13-14H2,1-3H3,(H,30,33). The second-order valence-corrected chi connectivity index (χ2v) is 9.37. The van der Waals surface area contributed by atoms with Gasteiger partial charge in [0.25, 0.3) is 5.91 Å². The molecule has 2 aliphatic heterocycles. The molecule has 7 nitrogen and oxygen atoms in total. The van der Waals surface area contributed by atoms with Crippen molar-refractivity contribution in [1.82, 2.24) is 10.2 Å². The summed E-state index contributed by atoms with van der Waals surface area (Å²) in [6.45, 7) is 5.03. The van der Waals surface area contributed by atoms with Gasteiger partial charge in [0.05, 0.1) is 28.7 Å². The van der Waals surface area contributed by atoms with Crippen molar-refractivity contribution in [2.75, 3.05) is 38.1 Å². The van der Waals surface area contributed by atoms with Crippen LogP contribution >= 0.6 is 0 Å². The summed E-state index contributed by atoms with van der Waals surface area (Å²) in [7, 11) is 1.56. The topological polar surface area (TPSA) is 89.6 Å². The van der Waals surface area contributed by atoms with Crippen LogP contribution in [0.1, 0.15) is 45.8 Å². The Balaban J connectivity index is 1.56. The molecule has 1 aromatic carbocycles. The van der Waals surface area contributed by atoms with Crippen LogP contribution in [-0.2, 0) is 11.0 Å². The summed E-state index contributed by atoms with van der Waals surface area (Å²) in [5.41, 5.74) is -0.977. The first-order valence-electron chi connectivity index (χ1n) is 11.4. The molecule has 0 aliphatic carbocycles. The van der Waals surface area contributed by atoms with Gasteiger partial charge in [0.2, 0.25) is 5.91 Å². The summed E-state index contributed by atoms with van der Waals surface area (Å²) >= 11 is 0. The largest absolute Gasteiger partial charge is 0.466 e. The van der Waals surface area contributed by atoms with E-state index in [1.165, 1.54) is 12.1 Å². The van der Waals surface area contributed by atoms with E-state index in [1.54, 1.807) is 37.9 Å². The van der Waals surface area contributed by atoms with Crippen LogP contribution in [0.5, 0.6) is 0 Å². The van der Waals surface area contributed by atoms with Gasteiger partial charge in [-0.25, -0.2) is 0 Å². The number of anilines is 1. The summed E-state index contributed by atoms with van der Waals surface area (Å²) in [4.78, 5) is 29.6. The fourth-order valence-electron chi connectivity index (χ4n) is 5.45. The lowest BCUT2D eigenvalue weighted by Crippen LogP contribution is -2.48. The summed E-state index contributed by atoms with van der Waals surface area (Å²) in [5.74, 6) is 0.414. The molecule has 2 aromatic rings. The number of likely N-dealkylation sites (tertiary alicyclic amines) is 1. The van der Waals surface area contributed by atoms with Crippen LogP contribution in [0.4, 0.5) is 18.9 Å². The van der Waals surface area contributed by atoms with Gasteiger partial charge in [-0.15, -0.1) is 0 Å². The number of piperidine rings is 1. The predicted octanol–water partition coefficient (Wildman–Crippen LogP) is 3.89. The zero-order valence-corrected chi connectivity index (χ0v) is 19.8. The normalized spacial score (nSPS) is 19.6. The molecule has 0 radical (unpaired) electrons. The van der Waals surface area contributed by atoms with Gasteiger partial charge >= 0.3 is 6.18 Å². The van der Waals surface area contributed by atoms with E-state index in [4.69, 9.17) is 9.68 Å². The molecule has 4 rings (SSSR count). The number of halogens is 3. The molecule has 2 saturated heterocycles. The molecule has 3 heterocycles. The smallest absolute Gasteiger partial charge is 0.417 e. The van der Waals surface area contributed by atoms with E-state index < -0.39 is 28.6 Å². The van der Waals surface area contributed by atoms with Gasteiger partial charge in [-0.3, -0.25) is 9.59 Å². The summed E-state index contributed by atoms with van der Waals surface area (Å²) in [6.07, 6.45) is -3.54.